The third-order valence-corrected chi connectivity index (χ3v) is 3.79. The molecule has 94 valence electrons. The van der Waals surface area contributed by atoms with Gasteiger partial charge in [-0.1, -0.05) is 38.1 Å². The van der Waals surface area contributed by atoms with E-state index in [-0.39, 0.29) is 12.6 Å². The zero-order valence-electron chi connectivity index (χ0n) is 10.8. The smallest absolute Gasteiger partial charge is 0.0587 e. The minimum Gasteiger partial charge on any atom is -0.395 e. The number of aryl methyl sites for hydroxylation is 1. The van der Waals surface area contributed by atoms with Crippen LogP contribution in [0.3, 0.4) is 0 Å². The summed E-state index contributed by atoms with van der Waals surface area (Å²) in [6, 6.07) is 9.30. The molecule has 1 aromatic rings. The van der Waals surface area contributed by atoms with E-state index in [1.807, 2.05) is 0 Å². The number of aliphatic hydroxyl groups is 1. The summed E-state index contributed by atoms with van der Waals surface area (Å²) in [6.07, 6.45) is 3.62. The van der Waals surface area contributed by atoms with Gasteiger partial charge >= 0.3 is 0 Å². The van der Waals surface area contributed by atoms with Crippen molar-refractivity contribution in [2.75, 3.05) is 6.61 Å². The lowest BCUT2D eigenvalue weighted by atomic mass is 9.87. The van der Waals surface area contributed by atoms with E-state index in [0.29, 0.717) is 12.0 Å². The zero-order valence-corrected chi connectivity index (χ0v) is 10.8. The molecule has 17 heavy (non-hydrogen) atoms. The highest BCUT2D eigenvalue weighted by atomic mass is 16.3. The van der Waals surface area contributed by atoms with E-state index in [1.54, 1.807) is 0 Å². The molecule has 2 N–H and O–H groups in total. The molecule has 0 fully saturated rings. The van der Waals surface area contributed by atoms with E-state index >= 15 is 0 Å². The number of hydrogen-bond donors (Lipinski definition) is 2. The average Bonchev–Trinajstić information content (AvgIpc) is 2.35. The van der Waals surface area contributed by atoms with Crippen molar-refractivity contribution in [1.29, 1.82) is 0 Å². The Morgan fingerprint density at radius 2 is 2.12 bits per heavy atom. The fraction of sp³-hybridized carbons (Fsp3) is 0.600. The molecule has 1 unspecified atom stereocenters. The quantitative estimate of drug-likeness (QED) is 0.838. The summed E-state index contributed by atoms with van der Waals surface area (Å²) < 4.78 is 0. The van der Waals surface area contributed by atoms with Crippen molar-refractivity contribution in [3.05, 3.63) is 35.4 Å². The standard InChI is InChI=1S/C15H23NO/c1-11(2)15(10-17)16-14-9-5-7-12-6-3-4-8-13(12)14/h3-4,6,8,11,14-17H,5,7,9-10H2,1-2H3/t14?,15-/m1/s1. The van der Waals surface area contributed by atoms with Crippen LogP contribution in [-0.4, -0.2) is 17.8 Å². The third-order valence-electron chi connectivity index (χ3n) is 3.79. The van der Waals surface area contributed by atoms with Crippen molar-refractivity contribution < 1.29 is 5.11 Å². The summed E-state index contributed by atoms with van der Waals surface area (Å²) in [5.74, 6) is 0.467. The van der Waals surface area contributed by atoms with Crippen molar-refractivity contribution in [2.24, 2.45) is 5.92 Å². The van der Waals surface area contributed by atoms with E-state index < -0.39 is 0 Å². The van der Waals surface area contributed by atoms with Gasteiger partial charge in [0.05, 0.1) is 6.61 Å². The van der Waals surface area contributed by atoms with E-state index in [0.717, 1.165) is 0 Å². The van der Waals surface area contributed by atoms with Gasteiger partial charge in [0.2, 0.25) is 0 Å². The summed E-state index contributed by atoms with van der Waals surface area (Å²) in [4.78, 5) is 0. The number of benzene rings is 1. The molecule has 0 bridgehead atoms. The minimum absolute atomic E-state index is 0.200. The van der Waals surface area contributed by atoms with Crippen LogP contribution in [0.25, 0.3) is 0 Å². The van der Waals surface area contributed by atoms with Gasteiger partial charge in [-0.2, -0.15) is 0 Å². The van der Waals surface area contributed by atoms with Gasteiger partial charge in [0, 0.05) is 12.1 Å². The number of aliphatic hydroxyl groups excluding tert-OH is 1. The van der Waals surface area contributed by atoms with Crippen LogP contribution in [0.1, 0.15) is 43.9 Å². The molecular formula is C15H23NO. The lowest BCUT2D eigenvalue weighted by Gasteiger charge is -2.31. The summed E-state index contributed by atoms with van der Waals surface area (Å²) in [5, 5.41) is 13.0. The highest BCUT2D eigenvalue weighted by Gasteiger charge is 2.23. The van der Waals surface area contributed by atoms with Gasteiger partial charge in [0.1, 0.15) is 0 Å². The first-order valence-corrected chi connectivity index (χ1v) is 6.67. The van der Waals surface area contributed by atoms with Crippen LogP contribution in [0.5, 0.6) is 0 Å². The second-order valence-electron chi connectivity index (χ2n) is 5.34. The molecule has 0 amide bonds. The van der Waals surface area contributed by atoms with E-state index in [4.69, 9.17) is 0 Å². The summed E-state index contributed by atoms with van der Waals surface area (Å²) >= 11 is 0. The predicted octanol–water partition coefficient (Wildman–Crippen LogP) is 2.67. The van der Waals surface area contributed by atoms with Crippen molar-refractivity contribution in [2.45, 2.75) is 45.2 Å². The van der Waals surface area contributed by atoms with Crippen molar-refractivity contribution in [3.63, 3.8) is 0 Å². The zero-order chi connectivity index (χ0) is 12.3. The van der Waals surface area contributed by atoms with Crippen molar-refractivity contribution in [3.8, 4) is 0 Å². The van der Waals surface area contributed by atoms with Crippen LogP contribution in [0.15, 0.2) is 24.3 Å². The van der Waals surface area contributed by atoms with Crippen LogP contribution in [-0.2, 0) is 6.42 Å². The maximum absolute atomic E-state index is 9.41. The first-order valence-electron chi connectivity index (χ1n) is 6.67. The Kier molecular flexibility index (Phi) is 4.19. The summed E-state index contributed by atoms with van der Waals surface area (Å²) in [5.41, 5.74) is 2.90. The average molecular weight is 233 g/mol. The second kappa shape index (κ2) is 5.65. The van der Waals surface area contributed by atoms with Crippen LogP contribution in [0, 0.1) is 5.92 Å². The molecule has 2 atom stereocenters. The molecule has 1 aliphatic rings. The maximum Gasteiger partial charge on any atom is 0.0587 e. The Morgan fingerprint density at radius 3 is 2.82 bits per heavy atom. The topological polar surface area (TPSA) is 32.3 Å². The molecule has 0 spiro atoms. The summed E-state index contributed by atoms with van der Waals surface area (Å²) in [7, 11) is 0. The second-order valence-corrected chi connectivity index (χ2v) is 5.34. The van der Waals surface area contributed by atoms with Crippen LogP contribution < -0.4 is 5.32 Å². The largest absolute Gasteiger partial charge is 0.395 e. The van der Waals surface area contributed by atoms with Gasteiger partial charge < -0.3 is 10.4 Å². The number of hydrogen-bond acceptors (Lipinski definition) is 2. The fourth-order valence-electron chi connectivity index (χ4n) is 2.64. The van der Waals surface area contributed by atoms with Gasteiger partial charge in [0.15, 0.2) is 0 Å². The Hall–Kier alpha value is -0.860. The van der Waals surface area contributed by atoms with Gasteiger partial charge in [-0.25, -0.2) is 0 Å². The lowest BCUT2D eigenvalue weighted by molar-refractivity contribution is 0.195. The van der Waals surface area contributed by atoms with Crippen molar-refractivity contribution in [1.82, 2.24) is 5.32 Å². The van der Waals surface area contributed by atoms with E-state index in [2.05, 4.69) is 43.4 Å². The first-order chi connectivity index (χ1) is 8.22. The van der Waals surface area contributed by atoms with Crippen LogP contribution in [0.2, 0.25) is 0 Å². The monoisotopic (exact) mass is 233 g/mol. The lowest BCUT2D eigenvalue weighted by Crippen LogP contribution is -2.40. The maximum atomic E-state index is 9.41. The molecule has 2 rings (SSSR count). The molecule has 0 saturated carbocycles. The van der Waals surface area contributed by atoms with Gasteiger partial charge in [-0.05, 0) is 36.3 Å². The molecule has 2 heteroatoms. The molecular weight excluding hydrogens is 210 g/mol. The minimum atomic E-state index is 0.200. The van der Waals surface area contributed by atoms with Gasteiger partial charge in [0.25, 0.3) is 0 Å². The summed E-state index contributed by atoms with van der Waals surface area (Å²) in [6.45, 7) is 4.53. The Bertz CT molecular complexity index is 362. The SMILES string of the molecule is CC(C)[C@@H](CO)NC1CCCc2ccccc21. The predicted molar refractivity (Wildman–Crippen MR) is 71.0 cm³/mol. The first kappa shape index (κ1) is 12.6. The van der Waals surface area contributed by atoms with E-state index in [1.165, 1.54) is 30.4 Å². The van der Waals surface area contributed by atoms with E-state index in [9.17, 15) is 5.11 Å². The number of rotatable bonds is 4. The molecule has 2 nitrogen and oxygen atoms in total. The fourth-order valence-corrected chi connectivity index (χ4v) is 2.64. The molecule has 0 saturated heterocycles. The third kappa shape index (κ3) is 2.88. The molecule has 1 aliphatic carbocycles. The number of fused-ring (bicyclic) bond motifs is 1. The normalized spacial score (nSPS) is 21.3. The highest BCUT2D eigenvalue weighted by molar-refractivity contribution is 5.32. The van der Waals surface area contributed by atoms with Crippen LogP contribution >= 0.6 is 0 Å². The van der Waals surface area contributed by atoms with Crippen LogP contribution in [0.4, 0.5) is 0 Å². The highest BCUT2D eigenvalue weighted by Crippen LogP contribution is 2.30. The Labute approximate surface area is 104 Å². The van der Waals surface area contributed by atoms with Gasteiger partial charge in [-0.3, -0.25) is 0 Å². The molecule has 0 aliphatic heterocycles. The van der Waals surface area contributed by atoms with Crippen molar-refractivity contribution >= 4 is 0 Å². The molecule has 0 heterocycles. The Morgan fingerprint density at radius 1 is 1.35 bits per heavy atom. The van der Waals surface area contributed by atoms with Gasteiger partial charge in [-0.15, -0.1) is 0 Å². The molecule has 0 radical (unpaired) electrons. The molecule has 1 aromatic carbocycles. The Balaban J connectivity index is 2.13. The molecule has 0 aromatic heterocycles. The number of nitrogens with one attached hydrogen (secondary N) is 1.